The highest BCUT2D eigenvalue weighted by molar-refractivity contribution is 7.89. The first-order valence-corrected chi connectivity index (χ1v) is 10.9. The molecule has 0 radical (unpaired) electrons. The Morgan fingerprint density at radius 3 is 2.17 bits per heavy atom. The van der Waals surface area contributed by atoms with E-state index < -0.39 is 28.5 Å². The van der Waals surface area contributed by atoms with Crippen LogP contribution in [-0.2, 0) is 26.0 Å². The fraction of sp³-hybridized carbons (Fsp3) is 0.333. The second kappa shape index (κ2) is 10.7. The zero-order valence-corrected chi connectivity index (χ0v) is 17.4. The third kappa shape index (κ3) is 6.40. The third-order valence-electron chi connectivity index (χ3n) is 4.35. The van der Waals surface area contributed by atoms with E-state index in [-0.39, 0.29) is 10.5 Å². The number of hydrogen-bond acceptors (Lipinski definition) is 5. The smallest absolute Gasteiger partial charge is 0.338 e. The minimum absolute atomic E-state index is 0.108. The summed E-state index contributed by atoms with van der Waals surface area (Å²) in [4.78, 5) is 24.0. The summed E-state index contributed by atoms with van der Waals surface area (Å²) < 4.78 is 31.2. The van der Waals surface area contributed by atoms with Crippen molar-refractivity contribution in [1.29, 1.82) is 0 Å². The summed E-state index contributed by atoms with van der Waals surface area (Å²) in [5.74, 6) is -1.08. The minimum atomic E-state index is -3.59. The molecule has 29 heavy (non-hydrogen) atoms. The maximum atomic E-state index is 12.5. The molecule has 0 heterocycles. The van der Waals surface area contributed by atoms with Gasteiger partial charge >= 0.3 is 5.97 Å². The Balaban J connectivity index is 1.83. The Hall–Kier alpha value is -2.71. The van der Waals surface area contributed by atoms with Gasteiger partial charge in [-0.2, -0.15) is 4.31 Å². The second-order valence-corrected chi connectivity index (χ2v) is 8.21. The van der Waals surface area contributed by atoms with Crippen LogP contribution in [0.3, 0.4) is 0 Å². The molecule has 0 aliphatic carbocycles. The fourth-order valence-electron chi connectivity index (χ4n) is 2.73. The predicted octanol–water partition coefficient (Wildman–Crippen LogP) is 2.23. The van der Waals surface area contributed by atoms with Crippen LogP contribution in [0.2, 0.25) is 0 Å². The molecule has 0 aliphatic rings. The zero-order valence-electron chi connectivity index (χ0n) is 16.6. The Bertz CT molecular complexity index is 908. The molecule has 0 atom stereocenters. The van der Waals surface area contributed by atoms with Gasteiger partial charge in [-0.3, -0.25) is 4.79 Å². The molecule has 8 heteroatoms. The van der Waals surface area contributed by atoms with Crippen LogP contribution in [0.4, 0.5) is 0 Å². The number of amides is 1. The van der Waals surface area contributed by atoms with Crippen LogP contribution in [0, 0.1) is 0 Å². The first kappa shape index (κ1) is 22.6. The Morgan fingerprint density at radius 2 is 1.59 bits per heavy atom. The second-order valence-electron chi connectivity index (χ2n) is 6.28. The van der Waals surface area contributed by atoms with Gasteiger partial charge in [0.15, 0.2) is 6.61 Å². The van der Waals surface area contributed by atoms with E-state index in [4.69, 9.17) is 4.74 Å². The van der Waals surface area contributed by atoms with Crippen LogP contribution in [-0.4, -0.2) is 50.8 Å². The van der Waals surface area contributed by atoms with Crippen LogP contribution in [0.5, 0.6) is 0 Å². The van der Waals surface area contributed by atoms with Crippen LogP contribution in [0.15, 0.2) is 59.5 Å². The van der Waals surface area contributed by atoms with Gasteiger partial charge < -0.3 is 10.1 Å². The van der Waals surface area contributed by atoms with Gasteiger partial charge in [-0.1, -0.05) is 44.2 Å². The van der Waals surface area contributed by atoms with Gasteiger partial charge in [-0.15, -0.1) is 0 Å². The summed E-state index contributed by atoms with van der Waals surface area (Å²) in [6.45, 7) is 4.30. The number of hydrogen-bond donors (Lipinski definition) is 1. The van der Waals surface area contributed by atoms with Gasteiger partial charge in [0.1, 0.15) is 0 Å². The highest BCUT2D eigenvalue weighted by Crippen LogP contribution is 2.16. The molecule has 0 bridgehead atoms. The van der Waals surface area contributed by atoms with E-state index in [1.165, 1.54) is 28.6 Å². The molecule has 2 rings (SSSR count). The Labute approximate surface area is 171 Å². The number of nitrogens with one attached hydrogen (secondary N) is 1. The van der Waals surface area contributed by atoms with Crippen molar-refractivity contribution in [3.05, 3.63) is 65.7 Å². The lowest BCUT2D eigenvalue weighted by atomic mass is 10.1. The number of ether oxygens (including phenoxy) is 1. The van der Waals surface area contributed by atoms with Crippen LogP contribution >= 0.6 is 0 Å². The molecule has 0 saturated heterocycles. The SMILES string of the molecule is CCN(CC)S(=O)(=O)c1ccc(C(=O)OCC(=O)NCCc2ccccc2)cc1. The maximum Gasteiger partial charge on any atom is 0.338 e. The largest absolute Gasteiger partial charge is 0.452 e. The van der Waals surface area contributed by atoms with Gasteiger partial charge in [0.05, 0.1) is 10.5 Å². The van der Waals surface area contributed by atoms with Crippen LogP contribution < -0.4 is 5.32 Å². The summed E-state index contributed by atoms with van der Waals surface area (Å²) in [6, 6.07) is 15.2. The van der Waals surface area contributed by atoms with E-state index >= 15 is 0 Å². The molecule has 0 aromatic heterocycles. The normalized spacial score (nSPS) is 11.3. The van der Waals surface area contributed by atoms with E-state index in [1.54, 1.807) is 13.8 Å². The lowest BCUT2D eigenvalue weighted by molar-refractivity contribution is -0.124. The summed E-state index contributed by atoms with van der Waals surface area (Å²) in [7, 11) is -3.59. The molecule has 7 nitrogen and oxygen atoms in total. The first-order valence-electron chi connectivity index (χ1n) is 9.46. The van der Waals surface area contributed by atoms with Crippen molar-refractivity contribution in [2.75, 3.05) is 26.2 Å². The topological polar surface area (TPSA) is 92.8 Å². The Kier molecular flexibility index (Phi) is 8.35. The standard InChI is InChI=1S/C21H26N2O5S/c1-3-23(4-2)29(26,27)19-12-10-18(11-13-19)21(25)28-16-20(24)22-15-14-17-8-6-5-7-9-17/h5-13H,3-4,14-16H2,1-2H3,(H,22,24). The molecule has 1 amide bonds. The number of rotatable bonds is 10. The monoisotopic (exact) mass is 418 g/mol. The summed E-state index contributed by atoms with van der Waals surface area (Å²) >= 11 is 0. The fourth-order valence-corrected chi connectivity index (χ4v) is 4.19. The molecule has 156 valence electrons. The lowest BCUT2D eigenvalue weighted by Gasteiger charge is -2.18. The zero-order chi connectivity index (χ0) is 21.3. The van der Waals surface area contributed by atoms with Crippen molar-refractivity contribution < 1.29 is 22.7 Å². The van der Waals surface area contributed by atoms with Crippen molar-refractivity contribution >= 4 is 21.9 Å². The molecular formula is C21H26N2O5S. The first-order chi connectivity index (χ1) is 13.9. The average molecular weight is 419 g/mol. The highest BCUT2D eigenvalue weighted by Gasteiger charge is 2.22. The number of nitrogens with zero attached hydrogens (tertiary/aromatic N) is 1. The van der Waals surface area contributed by atoms with Crippen molar-refractivity contribution in [1.82, 2.24) is 9.62 Å². The van der Waals surface area contributed by atoms with Crippen molar-refractivity contribution in [3.8, 4) is 0 Å². The third-order valence-corrected chi connectivity index (χ3v) is 6.41. The van der Waals surface area contributed by atoms with Crippen molar-refractivity contribution in [3.63, 3.8) is 0 Å². The number of carbonyl (C=O) groups excluding carboxylic acids is 2. The molecule has 0 saturated carbocycles. The van der Waals surface area contributed by atoms with E-state index in [2.05, 4.69) is 5.32 Å². The van der Waals surface area contributed by atoms with Crippen molar-refractivity contribution in [2.45, 2.75) is 25.2 Å². The van der Waals surface area contributed by atoms with Crippen molar-refractivity contribution in [2.24, 2.45) is 0 Å². The van der Waals surface area contributed by atoms with Gasteiger partial charge in [0.25, 0.3) is 5.91 Å². The number of sulfonamides is 1. The maximum absolute atomic E-state index is 12.5. The van der Waals surface area contributed by atoms with Gasteiger partial charge in [-0.05, 0) is 36.2 Å². The summed E-state index contributed by atoms with van der Waals surface area (Å²) in [6.07, 6.45) is 0.684. The highest BCUT2D eigenvalue weighted by atomic mass is 32.2. The summed E-state index contributed by atoms with van der Waals surface area (Å²) in [5, 5.41) is 2.69. The molecule has 2 aromatic carbocycles. The summed E-state index contributed by atoms with van der Waals surface area (Å²) in [5.41, 5.74) is 1.28. The van der Waals surface area contributed by atoms with E-state index in [9.17, 15) is 18.0 Å². The molecule has 0 aliphatic heterocycles. The minimum Gasteiger partial charge on any atom is -0.452 e. The van der Waals surface area contributed by atoms with Gasteiger partial charge in [-0.25, -0.2) is 13.2 Å². The van der Waals surface area contributed by atoms with Crippen LogP contribution in [0.1, 0.15) is 29.8 Å². The predicted molar refractivity (Wildman–Crippen MR) is 110 cm³/mol. The van der Waals surface area contributed by atoms with E-state index in [0.29, 0.717) is 26.1 Å². The van der Waals surface area contributed by atoms with Gasteiger partial charge in [0.2, 0.25) is 10.0 Å². The molecule has 0 fully saturated rings. The molecule has 1 N–H and O–H groups in total. The molecule has 0 spiro atoms. The van der Waals surface area contributed by atoms with E-state index in [1.807, 2.05) is 30.3 Å². The molecule has 2 aromatic rings. The quantitative estimate of drug-likeness (QED) is 0.598. The number of carbonyl (C=O) groups is 2. The number of benzene rings is 2. The lowest BCUT2D eigenvalue weighted by Crippen LogP contribution is -2.31. The average Bonchev–Trinajstić information content (AvgIpc) is 2.73. The molecular weight excluding hydrogens is 392 g/mol. The Morgan fingerprint density at radius 1 is 0.966 bits per heavy atom. The number of esters is 1. The van der Waals surface area contributed by atoms with Gasteiger partial charge in [0, 0.05) is 19.6 Å². The van der Waals surface area contributed by atoms with Crippen LogP contribution in [0.25, 0.3) is 0 Å². The van der Waals surface area contributed by atoms with E-state index in [0.717, 1.165) is 5.56 Å². The molecule has 0 unspecified atom stereocenters.